The van der Waals surface area contributed by atoms with E-state index in [9.17, 15) is 0 Å². The lowest BCUT2D eigenvalue weighted by molar-refractivity contribution is 0.311. The average Bonchev–Trinajstić information content (AvgIpc) is 3.22. The number of nitrogens with two attached hydrogens (primary N) is 1. The quantitative estimate of drug-likeness (QED) is 0.622. The smallest absolute Gasteiger partial charge is 0.220 e. The summed E-state index contributed by atoms with van der Waals surface area (Å²) in [4.78, 5) is 7.54. The van der Waals surface area contributed by atoms with E-state index in [0.29, 0.717) is 29.2 Å². The number of hydrogen-bond acceptors (Lipinski definition) is 8. The molecule has 24 heavy (non-hydrogen) atoms. The normalized spacial score (nSPS) is 10.8. The number of methoxy groups -OCH3 is 1. The lowest BCUT2D eigenvalue weighted by Crippen LogP contribution is -1.95. The minimum Gasteiger partial charge on any atom is -0.493 e. The van der Waals surface area contributed by atoms with Crippen molar-refractivity contribution in [3.63, 3.8) is 0 Å². The number of aromatic nitrogens is 4. The van der Waals surface area contributed by atoms with E-state index in [1.54, 1.807) is 18.4 Å². The van der Waals surface area contributed by atoms with E-state index < -0.39 is 0 Å². The van der Waals surface area contributed by atoms with Crippen LogP contribution in [0.2, 0.25) is 0 Å². The minimum absolute atomic E-state index is 0.318. The predicted molar refractivity (Wildman–Crippen MR) is 95.6 cm³/mol. The SMILES string of the molecule is CCOc1ccc(-c2nc(CSc3nnc(N)[nH]3)cs2)cc1OC. The molecule has 1 aromatic carbocycles. The van der Waals surface area contributed by atoms with Gasteiger partial charge in [0.15, 0.2) is 16.7 Å². The van der Waals surface area contributed by atoms with Crippen molar-refractivity contribution in [2.24, 2.45) is 0 Å². The summed E-state index contributed by atoms with van der Waals surface area (Å²) in [5, 5.41) is 11.3. The molecule has 0 bridgehead atoms. The highest BCUT2D eigenvalue weighted by atomic mass is 32.2. The number of nitrogens with one attached hydrogen (secondary N) is 1. The summed E-state index contributed by atoms with van der Waals surface area (Å²) >= 11 is 3.10. The Morgan fingerprint density at radius 2 is 2.17 bits per heavy atom. The van der Waals surface area contributed by atoms with Gasteiger partial charge in [-0.3, -0.25) is 0 Å². The van der Waals surface area contributed by atoms with Gasteiger partial charge in [0.25, 0.3) is 0 Å². The number of aromatic amines is 1. The number of anilines is 1. The number of thioether (sulfide) groups is 1. The fourth-order valence-electron chi connectivity index (χ4n) is 2.05. The summed E-state index contributed by atoms with van der Waals surface area (Å²) in [7, 11) is 1.63. The van der Waals surface area contributed by atoms with Crippen molar-refractivity contribution in [3.05, 3.63) is 29.3 Å². The molecular formula is C15H17N5O2S2. The number of rotatable bonds is 7. The molecule has 0 aliphatic rings. The Morgan fingerprint density at radius 3 is 2.88 bits per heavy atom. The second-order valence-electron chi connectivity index (χ2n) is 4.75. The fourth-order valence-corrected chi connectivity index (χ4v) is 3.68. The number of H-pyrrole nitrogens is 1. The Morgan fingerprint density at radius 1 is 1.29 bits per heavy atom. The molecule has 2 heterocycles. The predicted octanol–water partition coefficient (Wildman–Crippen LogP) is 3.21. The first-order chi connectivity index (χ1) is 11.7. The third-order valence-corrected chi connectivity index (χ3v) is 4.94. The fraction of sp³-hybridized carbons (Fsp3) is 0.267. The van der Waals surface area contributed by atoms with Gasteiger partial charge in [0.2, 0.25) is 5.95 Å². The number of nitrogen functional groups attached to an aromatic ring is 1. The monoisotopic (exact) mass is 363 g/mol. The maximum atomic E-state index is 5.54. The van der Waals surface area contributed by atoms with Gasteiger partial charge in [-0.1, -0.05) is 11.8 Å². The van der Waals surface area contributed by atoms with Crippen LogP contribution < -0.4 is 15.2 Å². The van der Waals surface area contributed by atoms with Crippen molar-refractivity contribution in [1.29, 1.82) is 0 Å². The van der Waals surface area contributed by atoms with Gasteiger partial charge in [0.1, 0.15) is 5.01 Å². The van der Waals surface area contributed by atoms with Gasteiger partial charge in [-0.2, -0.15) is 0 Å². The summed E-state index contributed by atoms with van der Waals surface area (Å²) in [5.74, 6) is 2.45. The highest BCUT2D eigenvalue weighted by molar-refractivity contribution is 7.98. The molecule has 0 aliphatic carbocycles. The van der Waals surface area contributed by atoms with Crippen molar-refractivity contribution < 1.29 is 9.47 Å². The molecule has 0 fully saturated rings. The molecule has 7 nitrogen and oxygen atoms in total. The maximum absolute atomic E-state index is 5.54. The number of hydrogen-bond donors (Lipinski definition) is 2. The largest absolute Gasteiger partial charge is 0.493 e. The van der Waals surface area contributed by atoms with Gasteiger partial charge in [-0.05, 0) is 25.1 Å². The van der Waals surface area contributed by atoms with Crippen LogP contribution in [0.3, 0.4) is 0 Å². The van der Waals surface area contributed by atoms with Gasteiger partial charge >= 0.3 is 0 Å². The molecule has 0 amide bonds. The average molecular weight is 363 g/mol. The van der Waals surface area contributed by atoms with Crippen LogP contribution in [0.4, 0.5) is 5.95 Å². The molecule has 0 saturated heterocycles. The number of ether oxygens (including phenoxy) is 2. The second kappa shape index (κ2) is 7.54. The van der Waals surface area contributed by atoms with Gasteiger partial charge in [0.05, 0.1) is 19.4 Å². The lowest BCUT2D eigenvalue weighted by atomic mass is 10.2. The van der Waals surface area contributed by atoms with Crippen LogP contribution in [0.15, 0.2) is 28.7 Å². The molecule has 0 radical (unpaired) electrons. The molecule has 2 aromatic heterocycles. The highest BCUT2D eigenvalue weighted by Crippen LogP contribution is 2.34. The highest BCUT2D eigenvalue weighted by Gasteiger charge is 2.11. The molecule has 126 valence electrons. The van der Waals surface area contributed by atoms with Crippen LogP contribution in [0, 0.1) is 0 Å². The van der Waals surface area contributed by atoms with E-state index in [-0.39, 0.29) is 0 Å². The molecule has 9 heteroatoms. The third-order valence-electron chi connectivity index (χ3n) is 3.10. The van der Waals surface area contributed by atoms with E-state index >= 15 is 0 Å². The molecule has 0 spiro atoms. The first kappa shape index (κ1) is 16.6. The Hall–Kier alpha value is -2.26. The van der Waals surface area contributed by atoms with E-state index in [2.05, 4.69) is 20.2 Å². The maximum Gasteiger partial charge on any atom is 0.220 e. The van der Waals surface area contributed by atoms with Gasteiger partial charge in [0, 0.05) is 16.7 Å². The first-order valence-corrected chi connectivity index (χ1v) is 9.12. The van der Waals surface area contributed by atoms with Crippen LogP contribution in [-0.4, -0.2) is 33.9 Å². The molecule has 0 atom stereocenters. The van der Waals surface area contributed by atoms with Gasteiger partial charge < -0.3 is 20.2 Å². The molecule has 3 aromatic rings. The molecule has 3 N–H and O–H groups in total. The number of thiazole rings is 1. The van der Waals surface area contributed by atoms with Crippen LogP contribution in [0.25, 0.3) is 10.6 Å². The van der Waals surface area contributed by atoms with E-state index in [0.717, 1.165) is 22.0 Å². The van der Waals surface area contributed by atoms with Crippen molar-refractivity contribution >= 4 is 29.0 Å². The second-order valence-corrected chi connectivity index (χ2v) is 6.57. The van der Waals surface area contributed by atoms with Crippen molar-refractivity contribution in [2.75, 3.05) is 19.5 Å². The Balaban J connectivity index is 1.72. The topological polar surface area (TPSA) is 98.9 Å². The number of nitrogens with zero attached hydrogens (tertiary/aromatic N) is 3. The zero-order valence-electron chi connectivity index (χ0n) is 13.3. The van der Waals surface area contributed by atoms with E-state index in [4.69, 9.17) is 15.2 Å². The first-order valence-electron chi connectivity index (χ1n) is 7.26. The minimum atomic E-state index is 0.318. The van der Waals surface area contributed by atoms with Crippen LogP contribution in [0.1, 0.15) is 12.6 Å². The molecule has 0 saturated carbocycles. The van der Waals surface area contributed by atoms with Gasteiger partial charge in [-0.15, -0.1) is 21.5 Å². The zero-order valence-corrected chi connectivity index (χ0v) is 14.9. The molecular weight excluding hydrogens is 346 g/mol. The number of benzene rings is 1. The third kappa shape index (κ3) is 3.80. The van der Waals surface area contributed by atoms with E-state index in [1.807, 2.05) is 30.5 Å². The van der Waals surface area contributed by atoms with Gasteiger partial charge in [-0.25, -0.2) is 4.98 Å². The van der Waals surface area contributed by atoms with Crippen LogP contribution >= 0.6 is 23.1 Å². The summed E-state index contributed by atoms with van der Waals surface area (Å²) in [5.41, 5.74) is 7.49. The molecule has 0 unspecified atom stereocenters. The molecule has 3 rings (SSSR count). The standard InChI is InChI=1S/C15H17N5O2S2/c1-3-22-11-5-4-9(6-12(11)21-2)13-17-10(7-23-13)8-24-15-18-14(16)19-20-15/h4-7H,3,8H2,1-2H3,(H3,16,18,19,20). The lowest BCUT2D eigenvalue weighted by Gasteiger charge is -2.09. The summed E-state index contributed by atoms with van der Waals surface area (Å²) in [6.07, 6.45) is 0. The van der Waals surface area contributed by atoms with Crippen LogP contribution in [-0.2, 0) is 5.75 Å². The van der Waals surface area contributed by atoms with Crippen LogP contribution in [0.5, 0.6) is 11.5 Å². The summed E-state index contributed by atoms with van der Waals surface area (Å²) < 4.78 is 10.9. The Bertz CT molecular complexity index is 818. The molecule has 0 aliphatic heterocycles. The summed E-state index contributed by atoms with van der Waals surface area (Å²) in [6, 6.07) is 5.84. The van der Waals surface area contributed by atoms with Crippen molar-refractivity contribution in [2.45, 2.75) is 17.8 Å². The Labute approximate surface area is 147 Å². The van der Waals surface area contributed by atoms with Crippen molar-refractivity contribution in [1.82, 2.24) is 20.2 Å². The summed E-state index contributed by atoms with van der Waals surface area (Å²) in [6.45, 7) is 2.54. The van der Waals surface area contributed by atoms with E-state index in [1.165, 1.54) is 11.8 Å². The Kier molecular flexibility index (Phi) is 5.21. The zero-order chi connectivity index (χ0) is 16.9. The van der Waals surface area contributed by atoms with Crippen molar-refractivity contribution in [3.8, 4) is 22.1 Å².